The van der Waals surface area contributed by atoms with E-state index in [9.17, 15) is 10.1 Å². The number of rotatable bonds is 6. The van der Waals surface area contributed by atoms with Gasteiger partial charge in [-0.2, -0.15) is 0 Å². The second kappa shape index (κ2) is 7.98. The zero-order valence-electron chi connectivity index (χ0n) is 12.1. The quantitative estimate of drug-likeness (QED) is 0.347. The van der Waals surface area contributed by atoms with Crippen LogP contribution in [0.5, 0.6) is 0 Å². The molecule has 21 heavy (non-hydrogen) atoms. The van der Waals surface area contributed by atoms with Crippen molar-refractivity contribution in [3.05, 3.63) is 33.3 Å². The van der Waals surface area contributed by atoms with E-state index in [2.05, 4.69) is 16.8 Å². The van der Waals surface area contributed by atoms with Crippen LogP contribution in [0.2, 0.25) is 5.02 Å². The van der Waals surface area contributed by atoms with Crippen molar-refractivity contribution in [1.82, 2.24) is 9.80 Å². The summed E-state index contributed by atoms with van der Waals surface area (Å²) in [4.78, 5) is 16.0. The Kier molecular flexibility index (Phi) is 6.29. The zero-order valence-corrected chi connectivity index (χ0v) is 13.7. The SMILES string of the molecule is CN1CCN(CCCSc2ccc([N+](=O)[O-])cc2Cl)CC1. The first-order chi connectivity index (χ1) is 10.1. The molecule has 0 unspecified atom stereocenters. The van der Waals surface area contributed by atoms with Gasteiger partial charge in [0, 0.05) is 43.2 Å². The largest absolute Gasteiger partial charge is 0.304 e. The van der Waals surface area contributed by atoms with Gasteiger partial charge in [0.15, 0.2) is 0 Å². The van der Waals surface area contributed by atoms with Crippen molar-refractivity contribution in [2.45, 2.75) is 11.3 Å². The Bertz CT molecular complexity index is 493. The Hall–Kier alpha value is -0.820. The van der Waals surface area contributed by atoms with Gasteiger partial charge in [0.05, 0.1) is 9.95 Å². The maximum absolute atomic E-state index is 10.7. The molecule has 1 saturated heterocycles. The summed E-state index contributed by atoms with van der Waals surface area (Å²) in [7, 11) is 2.16. The summed E-state index contributed by atoms with van der Waals surface area (Å²) in [5.74, 6) is 0.976. The highest BCUT2D eigenvalue weighted by atomic mass is 35.5. The molecular formula is C14H20ClN3O2S. The van der Waals surface area contributed by atoms with Crippen molar-refractivity contribution < 1.29 is 4.92 Å². The van der Waals surface area contributed by atoms with Crippen molar-refractivity contribution in [1.29, 1.82) is 0 Å². The fraction of sp³-hybridized carbons (Fsp3) is 0.571. The summed E-state index contributed by atoms with van der Waals surface area (Å²) in [6.45, 7) is 5.66. The van der Waals surface area contributed by atoms with Gasteiger partial charge < -0.3 is 9.80 Å². The molecule has 1 heterocycles. The summed E-state index contributed by atoms with van der Waals surface area (Å²) < 4.78 is 0. The third-order valence-corrected chi connectivity index (χ3v) is 5.18. The van der Waals surface area contributed by atoms with E-state index in [4.69, 9.17) is 11.6 Å². The number of non-ortho nitro benzene ring substituents is 1. The van der Waals surface area contributed by atoms with Gasteiger partial charge in [0.1, 0.15) is 0 Å². The van der Waals surface area contributed by atoms with Crippen molar-refractivity contribution in [2.75, 3.05) is 45.5 Å². The Labute approximate surface area is 134 Å². The highest BCUT2D eigenvalue weighted by Crippen LogP contribution is 2.30. The standard InChI is InChI=1S/C14H20ClN3O2S/c1-16-6-8-17(9-7-16)5-2-10-21-14-4-3-12(18(19)20)11-13(14)15/h3-4,11H,2,5-10H2,1H3. The minimum atomic E-state index is -0.423. The number of piperazine rings is 1. The molecule has 7 heteroatoms. The Morgan fingerprint density at radius 3 is 2.67 bits per heavy atom. The molecule has 5 nitrogen and oxygen atoms in total. The number of benzene rings is 1. The molecule has 0 amide bonds. The lowest BCUT2D eigenvalue weighted by atomic mass is 10.3. The monoisotopic (exact) mass is 329 g/mol. The van der Waals surface area contributed by atoms with E-state index in [-0.39, 0.29) is 5.69 Å². The molecule has 0 radical (unpaired) electrons. The van der Waals surface area contributed by atoms with Crippen LogP contribution < -0.4 is 0 Å². The smallest absolute Gasteiger partial charge is 0.270 e. The molecule has 0 N–H and O–H groups in total. The van der Waals surface area contributed by atoms with Crippen LogP contribution in [0.15, 0.2) is 23.1 Å². The minimum Gasteiger partial charge on any atom is -0.304 e. The Morgan fingerprint density at radius 1 is 1.33 bits per heavy atom. The van der Waals surface area contributed by atoms with Crippen LogP contribution in [-0.2, 0) is 0 Å². The van der Waals surface area contributed by atoms with Gasteiger partial charge in [-0.15, -0.1) is 11.8 Å². The molecule has 1 aromatic carbocycles. The van der Waals surface area contributed by atoms with Crippen LogP contribution in [-0.4, -0.2) is 60.2 Å². The Morgan fingerprint density at radius 2 is 2.05 bits per heavy atom. The number of nitro benzene ring substituents is 1. The molecule has 0 spiro atoms. The van der Waals surface area contributed by atoms with Gasteiger partial charge in [-0.25, -0.2) is 0 Å². The van der Waals surface area contributed by atoms with Gasteiger partial charge in [0.25, 0.3) is 5.69 Å². The predicted octanol–water partition coefficient (Wildman–Crippen LogP) is 2.98. The number of halogens is 1. The topological polar surface area (TPSA) is 49.6 Å². The maximum Gasteiger partial charge on any atom is 0.270 e. The lowest BCUT2D eigenvalue weighted by Crippen LogP contribution is -2.44. The van der Waals surface area contributed by atoms with E-state index in [1.54, 1.807) is 17.8 Å². The number of hydrogen-bond acceptors (Lipinski definition) is 5. The average Bonchev–Trinajstić information content (AvgIpc) is 2.46. The highest BCUT2D eigenvalue weighted by Gasteiger charge is 2.13. The molecule has 0 atom stereocenters. The van der Waals surface area contributed by atoms with Crippen LogP contribution in [0, 0.1) is 10.1 Å². The molecule has 116 valence electrons. The lowest BCUT2D eigenvalue weighted by molar-refractivity contribution is -0.384. The first kappa shape index (κ1) is 16.5. The van der Waals surface area contributed by atoms with E-state index in [0.717, 1.165) is 49.8 Å². The fourth-order valence-corrected chi connectivity index (χ4v) is 3.46. The van der Waals surface area contributed by atoms with Gasteiger partial charge in [0.2, 0.25) is 0 Å². The second-order valence-electron chi connectivity index (χ2n) is 5.22. The van der Waals surface area contributed by atoms with Crippen LogP contribution in [0.25, 0.3) is 0 Å². The van der Waals surface area contributed by atoms with E-state index < -0.39 is 4.92 Å². The van der Waals surface area contributed by atoms with Crippen molar-refractivity contribution in [3.8, 4) is 0 Å². The fourth-order valence-electron chi connectivity index (χ4n) is 2.26. The van der Waals surface area contributed by atoms with Crippen molar-refractivity contribution >= 4 is 29.1 Å². The second-order valence-corrected chi connectivity index (χ2v) is 6.76. The lowest BCUT2D eigenvalue weighted by Gasteiger charge is -2.32. The summed E-state index contributed by atoms with van der Waals surface area (Å²) in [5, 5.41) is 11.1. The summed E-state index contributed by atoms with van der Waals surface area (Å²) in [5.41, 5.74) is 0.0433. The zero-order chi connectivity index (χ0) is 15.2. The van der Waals surface area contributed by atoms with Crippen LogP contribution in [0.4, 0.5) is 5.69 Å². The maximum atomic E-state index is 10.7. The molecule has 0 aliphatic carbocycles. The first-order valence-electron chi connectivity index (χ1n) is 7.04. The van der Waals surface area contributed by atoms with Crippen molar-refractivity contribution in [2.24, 2.45) is 0 Å². The van der Waals surface area contributed by atoms with E-state index in [0.29, 0.717) is 5.02 Å². The van der Waals surface area contributed by atoms with Crippen molar-refractivity contribution in [3.63, 3.8) is 0 Å². The molecular weight excluding hydrogens is 310 g/mol. The molecule has 1 aliphatic heterocycles. The Balaban J connectivity index is 1.72. The number of nitro groups is 1. The van der Waals surface area contributed by atoms with Crippen LogP contribution in [0.1, 0.15) is 6.42 Å². The van der Waals surface area contributed by atoms with Gasteiger partial charge in [-0.3, -0.25) is 10.1 Å². The minimum absolute atomic E-state index is 0.0433. The summed E-state index contributed by atoms with van der Waals surface area (Å²) in [6.07, 6.45) is 1.10. The third-order valence-electron chi connectivity index (χ3n) is 3.60. The predicted molar refractivity (Wildman–Crippen MR) is 87.4 cm³/mol. The van der Waals surface area contributed by atoms with E-state index in [1.165, 1.54) is 12.1 Å². The number of hydrogen-bond donors (Lipinski definition) is 0. The van der Waals surface area contributed by atoms with Crippen LogP contribution >= 0.6 is 23.4 Å². The van der Waals surface area contributed by atoms with Gasteiger partial charge in [-0.05, 0) is 31.8 Å². The third kappa shape index (κ3) is 5.14. The molecule has 0 saturated carbocycles. The first-order valence-corrected chi connectivity index (χ1v) is 8.40. The summed E-state index contributed by atoms with van der Waals surface area (Å²) in [6, 6.07) is 4.67. The van der Waals surface area contributed by atoms with E-state index in [1.807, 2.05) is 0 Å². The molecule has 1 fully saturated rings. The number of nitrogens with zero attached hydrogens (tertiary/aromatic N) is 3. The highest BCUT2D eigenvalue weighted by molar-refractivity contribution is 7.99. The normalized spacial score (nSPS) is 17.0. The molecule has 0 aromatic heterocycles. The van der Waals surface area contributed by atoms with E-state index >= 15 is 0 Å². The summed E-state index contributed by atoms with van der Waals surface area (Å²) >= 11 is 7.74. The number of likely N-dealkylation sites (N-methyl/N-ethyl adjacent to an activating group) is 1. The average molecular weight is 330 g/mol. The molecule has 0 bridgehead atoms. The van der Waals surface area contributed by atoms with Gasteiger partial charge >= 0.3 is 0 Å². The number of thioether (sulfide) groups is 1. The molecule has 2 rings (SSSR count). The molecule has 1 aliphatic rings. The molecule has 1 aromatic rings. The van der Waals surface area contributed by atoms with Crippen LogP contribution in [0.3, 0.4) is 0 Å². The van der Waals surface area contributed by atoms with Gasteiger partial charge in [-0.1, -0.05) is 11.6 Å².